The minimum atomic E-state index is -0.933. The Balaban J connectivity index is 2.16. The van der Waals surface area contributed by atoms with Crippen molar-refractivity contribution in [2.45, 2.75) is 51.6 Å². The normalized spacial score (nSPS) is 17.6. The molecule has 0 radical (unpaired) electrons. The maximum atomic E-state index is 12.4. The van der Waals surface area contributed by atoms with Crippen molar-refractivity contribution in [3.63, 3.8) is 0 Å². The molecule has 5 heteroatoms. The molecule has 1 aliphatic rings. The Kier molecular flexibility index (Phi) is 4.52. The predicted molar refractivity (Wildman–Crippen MR) is 84.0 cm³/mol. The highest BCUT2D eigenvalue weighted by atomic mass is 35.5. The van der Waals surface area contributed by atoms with Crippen molar-refractivity contribution in [2.24, 2.45) is 5.41 Å². The average molecular weight is 325 g/mol. The fraction of sp³-hybridized carbons (Fsp3) is 0.529. The second kappa shape index (κ2) is 5.92. The van der Waals surface area contributed by atoms with Crippen LogP contribution >= 0.6 is 11.6 Å². The predicted octanol–water partition coefficient (Wildman–Crippen LogP) is 4.02. The molecular formula is C17H21ClO4. The highest BCUT2D eigenvalue weighted by Gasteiger charge is 2.54. The molecule has 1 fully saturated rings. The van der Waals surface area contributed by atoms with E-state index in [4.69, 9.17) is 16.3 Å². The summed E-state index contributed by atoms with van der Waals surface area (Å²) < 4.78 is 5.45. The molecule has 2 rings (SSSR count). The van der Waals surface area contributed by atoms with Gasteiger partial charge in [-0.05, 0) is 57.7 Å². The zero-order valence-corrected chi connectivity index (χ0v) is 13.8. The molecule has 1 atom stereocenters. The average Bonchev–Trinajstić information content (AvgIpc) is 3.16. The fourth-order valence-electron chi connectivity index (χ4n) is 2.46. The van der Waals surface area contributed by atoms with Crippen molar-refractivity contribution in [3.8, 4) is 0 Å². The quantitative estimate of drug-likeness (QED) is 0.831. The van der Waals surface area contributed by atoms with Gasteiger partial charge in [0, 0.05) is 5.02 Å². The van der Waals surface area contributed by atoms with E-state index in [-0.39, 0.29) is 12.4 Å². The van der Waals surface area contributed by atoms with Crippen LogP contribution in [0.5, 0.6) is 0 Å². The molecule has 1 N–H and O–H groups in total. The topological polar surface area (TPSA) is 63.6 Å². The van der Waals surface area contributed by atoms with Crippen molar-refractivity contribution in [3.05, 3.63) is 34.9 Å². The molecule has 22 heavy (non-hydrogen) atoms. The number of carboxylic acids is 1. The molecule has 0 amide bonds. The summed E-state index contributed by atoms with van der Waals surface area (Å²) in [6, 6.07) is 6.73. The number of hydrogen-bond acceptors (Lipinski definition) is 3. The third-order valence-corrected chi connectivity index (χ3v) is 4.10. The van der Waals surface area contributed by atoms with Gasteiger partial charge in [-0.2, -0.15) is 0 Å². The minimum Gasteiger partial charge on any atom is -0.481 e. The van der Waals surface area contributed by atoms with Crippen LogP contribution in [-0.2, 0) is 14.3 Å². The summed E-state index contributed by atoms with van der Waals surface area (Å²) in [4.78, 5) is 24.0. The highest BCUT2D eigenvalue weighted by Crippen LogP contribution is 2.53. The first-order valence-corrected chi connectivity index (χ1v) is 7.72. The SMILES string of the molecule is CC(C)(C)OC(=O)C1(CC(C(=O)O)c2ccc(Cl)cc2)CC1. The Bertz CT molecular complexity index is 567. The van der Waals surface area contributed by atoms with Crippen LogP contribution in [0, 0.1) is 5.41 Å². The van der Waals surface area contributed by atoms with Crippen LogP contribution < -0.4 is 0 Å². The van der Waals surface area contributed by atoms with Gasteiger partial charge < -0.3 is 9.84 Å². The van der Waals surface area contributed by atoms with E-state index in [1.165, 1.54) is 0 Å². The maximum Gasteiger partial charge on any atom is 0.312 e. The van der Waals surface area contributed by atoms with E-state index in [9.17, 15) is 14.7 Å². The Morgan fingerprint density at radius 3 is 2.23 bits per heavy atom. The number of halogens is 1. The summed E-state index contributed by atoms with van der Waals surface area (Å²) >= 11 is 5.84. The summed E-state index contributed by atoms with van der Waals surface area (Å²) in [6.07, 6.45) is 1.62. The van der Waals surface area contributed by atoms with Gasteiger partial charge in [0.05, 0.1) is 11.3 Å². The lowest BCUT2D eigenvalue weighted by Gasteiger charge is -2.25. The van der Waals surface area contributed by atoms with E-state index in [0.29, 0.717) is 23.4 Å². The van der Waals surface area contributed by atoms with Gasteiger partial charge in [0.2, 0.25) is 0 Å². The van der Waals surface area contributed by atoms with Crippen LogP contribution in [0.25, 0.3) is 0 Å². The number of aliphatic carboxylic acids is 1. The molecule has 0 aromatic heterocycles. The Labute approximate surface area is 135 Å². The van der Waals surface area contributed by atoms with Crippen LogP contribution in [0.15, 0.2) is 24.3 Å². The van der Waals surface area contributed by atoms with Crippen LogP contribution in [-0.4, -0.2) is 22.6 Å². The molecule has 1 aliphatic carbocycles. The number of carbonyl (C=O) groups excluding carboxylic acids is 1. The van der Waals surface area contributed by atoms with Gasteiger partial charge >= 0.3 is 11.9 Å². The summed E-state index contributed by atoms with van der Waals surface area (Å²) in [5, 5.41) is 10.1. The third-order valence-electron chi connectivity index (χ3n) is 3.85. The molecule has 120 valence electrons. The van der Waals surface area contributed by atoms with Crippen molar-refractivity contribution in [1.82, 2.24) is 0 Å². The lowest BCUT2D eigenvalue weighted by Crippen LogP contribution is -2.31. The number of rotatable bonds is 5. The summed E-state index contributed by atoms with van der Waals surface area (Å²) in [5.41, 5.74) is -0.562. The van der Waals surface area contributed by atoms with Gasteiger partial charge in [-0.3, -0.25) is 9.59 Å². The van der Waals surface area contributed by atoms with Crippen LogP contribution in [0.4, 0.5) is 0 Å². The van der Waals surface area contributed by atoms with Crippen LogP contribution in [0.1, 0.15) is 51.5 Å². The third kappa shape index (κ3) is 4.01. The lowest BCUT2D eigenvalue weighted by molar-refractivity contribution is -0.162. The van der Waals surface area contributed by atoms with Gasteiger partial charge in [0.15, 0.2) is 0 Å². The number of ether oxygens (including phenoxy) is 1. The largest absolute Gasteiger partial charge is 0.481 e. The van der Waals surface area contributed by atoms with Gasteiger partial charge in [-0.25, -0.2) is 0 Å². The molecule has 0 bridgehead atoms. The molecule has 0 heterocycles. The van der Waals surface area contributed by atoms with Crippen molar-refractivity contribution in [1.29, 1.82) is 0 Å². The highest BCUT2D eigenvalue weighted by molar-refractivity contribution is 6.30. The number of carbonyl (C=O) groups is 2. The standard InChI is InChI=1S/C17H21ClO4/c1-16(2,3)22-15(21)17(8-9-17)10-13(14(19)20)11-4-6-12(18)7-5-11/h4-7,13H,8-10H2,1-3H3,(H,19,20). The minimum absolute atomic E-state index is 0.263. The van der Waals surface area contributed by atoms with Crippen LogP contribution in [0.3, 0.4) is 0 Å². The van der Waals surface area contributed by atoms with Crippen molar-refractivity contribution >= 4 is 23.5 Å². The van der Waals surface area contributed by atoms with E-state index < -0.39 is 22.9 Å². The molecule has 0 saturated heterocycles. The molecule has 0 aliphatic heterocycles. The van der Waals surface area contributed by atoms with E-state index in [0.717, 1.165) is 0 Å². The molecule has 1 aromatic carbocycles. The first-order valence-electron chi connectivity index (χ1n) is 7.35. The Morgan fingerprint density at radius 1 is 1.27 bits per heavy atom. The number of hydrogen-bond donors (Lipinski definition) is 1. The fourth-order valence-corrected chi connectivity index (χ4v) is 2.59. The first-order chi connectivity index (χ1) is 10.1. The number of esters is 1. The smallest absolute Gasteiger partial charge is 0.312 e. The monoisotopic (exact) mass is 324 g/mol. The van der Waals surface area contributed by atoms with Gasteiger partial charge in [-0.1, -0.05) is 23.7 Å². The number of benzene rings is 1. The second-order valence-electron chi connectivity index (χ2n) is 6.93. The molecule has 0 spiro atoms. The van der Waals surface area contributed by atoms with Crippen LogP contribution in [0.2, 0.25) is 5.02 Å². The Morgan fingerprint density at radius 2 is 1.82 bits per heavy atom. The van der Waals surface area contributed by atoms with E-state index in [2.05, 4.69) is 0 Å². The van der Waals surface area contributed by atoms with E-state index in [1.807, 2.05) is 20.8 Å². The van der Waals surface area contributed by atoms with Gasteiger partial charge in [-0.15, -0.1) is 0 Å². The molecule has 1 saturated carbocycles. The summed E-state index contributed by atoms with van der Waals surface area (Å²) in [6.45, 7) is 5.44. The zero-order valence-electron chi connectivity index (χ0n) is 13.1. The summed E-state index contributed by atoms with van der Waals surface area (Å²) in [5.74, 6) is -1.95. The zero-order chi connectivity index (χ0) is 16.5. The maximum absolute atomic E-state index is 12.4. The first kappa shape index (κ1) is 16.8. The number of carboxylic acid groups (broad SMARTS) is 1. The molecule has 1 unspecified atom stereocenters. The second-order valence-corrected chi connectivity index (χ2v) is 7.37. The molecular weight excluding hydrogens is 304 g/mol. The van der Waals surface area contributed by atoms with Crippen molar-refractivity contribution < 1.29 is 19.4 Å². The van der Waals surface area contributed by atoms with Gasteiger partial charge in [0.1, 0.15) is 5.60 Å². The Hall–Kier alpha value is -1.55. The molecule has 1 aromatic rings. The van der Waals surface area contributed by atoms with E-state index >= 15 is 0 Å². The van der Waals surface area contributed by atoms with Crippen molar-refractivity contribution in [2.75, 3.05) is 0 Å². The lowest BCUT2D eigenvalue weighted by atomic mass is 9.86. The summed E-state index contributed by atoms with van der Waals surface area (Å²) in [7, 11) is 0. The molecule has 4 nitrogen and oxygen atoms in total. The van der Waals surface area contributed by atoms with Gasteiger partial charge in [0.25, 0.3) is 0 Å². The van der Waals surface area contributed by atoms with E-state index in [1.54, 1.807) is 24.3 Å².